The van der Waals surface area contributed by atoms with E-state index in [0.29, 0.717) is 0 Å². The fourth-order valence-electron chi connectivity index (χ4n) is 1.16. The lowest BCUT2D eigenvalue weighted by Gasteiger charge is -2.16. The molecule has 0 amide bonds. The predicted molar refractivity (Wildman–Crippen MR) is 42.1 cm³/mol. The summed E-state index contributed by atoms with van der Waals surface area (Å²) < 4.78 is 37.5. The van der Waals surface area contributed by atoms with Gasteiger partial charge in [0.15, 0.2) is 6.10 Å². The molecule has 0 aliphatic heterocycles. The minimum absolute atomic E-state index is 0.0870. The van der Waals surface area contributed by atoms with Gasteiger partial charge in [-0.15, -0.1) is 0 Å². The molecule has 0 fully saturated rings. The maximum Gasteiger partial charge on any atom is 0.420 e. The van der Waals surface area contributed by atoms with Crippen molar-refractivity contribution < 1.29 is 18.3 Å². The van der Waals surface area contributed by atoms with E-state index >= 15 is 0 Å². The molecule has 1 rings (SSSR count). The van der Waals surface area contributed by atoms with Crippen LogP contribution in [-0.2, 0) is 13.6 Å². The molecule has 1 unspecified atom stereocenters. The van der Waals surface area contributed by atoms with E-state index in [1.165, 1.54) is 13.2 Å². The molecule has 1 heterocycles. The lowest BCUT2D eigenvalue weighted by atomic mass is 10.1. The fourth-order valence-corrected chi connectivity index (χ4v) is 1.16. The first-order valence-corrected chi connectivity index (χ1v) is 3.83. The molecule has 3 N–H and O–H groups in total. The molecule has 1 atom stereocenters. The Balaban J connectivity index is 3.11. The van der Waals surface area contributed by atoms with Crippen LogP contribution in [0, 0.1) is 0 Å². The molecule has 0 aliphatic carbocycles. The Bertz CT molecular complexity index is 320. The molecule has 80 valence electrons. The molecule has 0 saturated heterocycles. The Morgan fingerprint density at radius 3 is 2.64 bits per heavy atom. The summed E-state index contributed by atoms with van der Waals surface area (Å²) in [6.45, 7) is -0.0870. The highest BCUT2D eigenvalue weighted by atomic mass is 19.4. The summed E-state index contributed by atoms with van der Waals surface area (Å²) >= 11 is 0. The van der Waals surface area contributed by atoms with Crippen LogP contribution in [0.5, 0.6) is 0 Å². The van der Waals surface area contributed by atoms with Crippen LogP contribution >= 0.6 is 0 Å². The Morgan fingerprint density at radius 2 is 2.21 bits per heavy atom. The third-order valence-electron chi connectivity index (χ3n) is 1.85. The summed E-state index contributed by atoms with van der Waals surface area (Å²) in [6, 6.07) is 0. The third-order valence-corrected chi connectivity index (χ3v) is 1.85. The van der Waals surface area contributed by atoms with E-state index in [2.05, 4.69) is 5.10 Å². The van der Waals surface area contributed by atoms with Crippen LogP contribution in [0.25, 0.3) is 0 Å². The number of nitrogens with zero attached hydrogens (tertiary/aromatic N) is 2. The molecule has 4 nitrogen and oxygen atoms in total. The number of halogens is 3. The fraction of sp³-hybridized carbons (Fsp3) is 0.571. The quantitative estimate of drug-likeness (QED) is 0.744. The molecule has 14 heavy (non-hydrogen) atoms. The minimum atomic E-state index is -4.70. The van der Waals surface area contributed by atoms with E-state index in [0.717, 1.165) is 4.68 Å². The van der Waals surface area contributed by atoms with Crippen LogP contribution in [0.3, 0.4) is 0 Å². The SMILES string of the molecule is Cn1ncc(CN)c1C(O)C(F)(F)F. The van der Waals surface area contributed by atoms with Crippen LogP contribution in [0.1, 0.15) is 17.4 Å². The zero-order valence-electron chi connectivity index (χ0n) is 7.41. The van der Waals surface area contributed by atoms with Crippen molar-refractivity contribution >= 4 is 0 Å². The minimum Gasteiger partial charge on any atom is -0.378 e. The standard InChI is InChI=1S/C7H10F3N3O/c1-13-5(4(2-11)3-12-13)6(14)7(8,9)10/h3,6,14H,2,11H2,1H3. The lowest BCUT2D eigenvalue weighted by Crippen LogP contribution is -2.24. The van der Waals surface area contributed by atoms with Crippen LogP contribution in [0.15, 0.2) is 6.20 Å². The molecule has 0 spiro atoms. The maximum absolute atomic E-state index is 12.2. The van der Waals surface area contributed by atoms with Gasteiger partial charge in [0.2, 0.25) is 0 Å². The van der Waals surface area contributed by atoms with Gasteiger partial charge < -0.3 is 10.8 Å². The first-order valence-electron chi connectivity index (χ1n) is 3.83. The van der Waals surface area contributed by atoms with E-state index in [-0.39, 0.29) is 17.8 Å². The highest BCUT2D eigenvalue weighted by Gasteiger charge is 2.42. The second kappa shape index (κ2) is 3.58. The number of rotatable bonds is 2. The number of alkyl halides is 3. The van der Waals surface area contributed by atoms with Crippen LogP contribution in [0.4, 0.5) is 13.2 Å². The Labute approximate surface area is 78.1 Å². The molecular formula is C7H10F3N3O. The Hall–Kier alpha value is -1.08. The zero-order chi connectivity index (χ0) is 10.9. The first-order chi connectivity index (χ1) is 6.38. The Morgan fingerprint density at radius 1 is 1.64 bits per heavy atom. The monoisotopic (exact) mass is 209 g/mol. The summed E-state index contributed by atoms with van der Waals surface area (Å²) in [5, 5.41) is 12.6. The van der Waals surface area contributed by atoms with Gasteiger partial charge in [0.1, 0.15) is 0 Å². The summed E-state index contributed by atoms with van der Waals surface area (Å²) in [4.78, 5) is 0. The van der Waals surface area contributed by atoms with Crippen molar-refractivity contribution in [1.29, 1.82) is 0 Å². The van der Waals surface area contributed by atoms with Gasteiger partial charge in [-0.05, 0) is 0 Å². The maximum atomic E-state index is 12.2. The number of hydrogen-bond acceptors (Lipinski definition) is 3. The highest BCUT2D eigenvalue weighted by Crippen LogP contribution is 2.33. The van der Waals surface area contributed by atoms with Gasteiger partial charge >= 0.3 is 6.18 Å². The van der Waals surface area contributed by atoms with Crippen LogP contribution in [0.2, 0.25) is 0 Å². The molecule has 0 aliphatic rings. The topological polar surface area (TPSA) is 64.1 Å². The molecular weight excluding hydrogens is 199 g/mol. The van der Waals surface area contributed by atoms with Crippen LogP contribution in [-0.4, -0.2) is 21.1 Å². The van der Waals surface area contributed by atoms with E-state index in [9.17, 15) is 13.2 Å². The summed E-state index contributed by atoms with van der Waals surface area (Å²) in [5.74, 6) is 0. The van der Waals surface area contributed by atoms with E-state index < -0.39 is 12.3 Å². The Kier molecular flexibility index (Phi) is 2.81. The summed E-state index contributed by atoms with van der Waals surface area (Å²) in [6.07, 6.45) is -6.02. The van der Waals surface area contributed by atoms with Crippen molar-refractivity contribution in [3.8, 4) is 0 Å². The average Bonchev–Trinajstić information content (AvgIpc) is 2.43. The second-order valence-corrected chi connectivity index (χ2v) is 2.83. The molecule has 0 saturated carbocycles. The first kappa shape index (κ1) is 11.0. The number of nitrogens with two attached hydrogens (primary N) is 1. The normalized spacial score (nSPS) is 14.4. The van der Waals surface area contributed by atoms with E-state index in [1.54, 1.807) is 0 Å². The molecule has 1 aromatic heterocycles. The van der Waals surface area contributed by atoms with Gasteiger partial charge in [-0.25, -0.2) is 0 Å². The second-order valence-electron chi connectivity index (χ2n) is 2.83. The average molecular weight is 209 g/mol. The van der Waals surface area contributed by atoms with Crippen molar-refractivity contribution in [2.75, 3.05) is 0 Å². The number of hydrogen-bond donors (Lipinski definition) is 2. The summed E-state index contributed by atoms with van der Waals surface area (Å²) in [7, 11) is 1.32. The van der Waals surface area contributed by atoms with Gasteiger partial charge in [-0.1, -0.05) is 0 Å². The van der Waals surface area contributed by atoms with Crippen molar-refractivity contribution in [2.24, 2.45) is 12.8 Å². The molecule has 0 aromatic carbocycles. The number of aromatic nitrogens is 2. The lowest BCUT2D eigenvalue weighted by molar-refractivity contribution is -0.209. The zero-order valence-corrected chi connectivity index (χ0v) is 7.41. The largest absolute Gasteiger partial charge is 0.420 e. The van der Waals surface area contributed by atoms with Gasteiger partial charge in [0.05, 0.1) is 11.9 Å². The molecule has 0 radical (unpaired) electrons. The van der Waals surface area contributed by atoms with E-state index in [4.69, 9.17) is 10.8 Å². The van der Waals surface area contributed by atoms with Crippen molar-refractivity contribution in [3.63, 3.8) is 0 Å². The van der Waals surface area contributed by atoms with Crippen molar-refractivity contribution in [2.45, 2.75) is 18.8 Å². The van der Waals surface area contributed by atoms with Crippen LogP contribution < -0.4 is 5.73 Å². The van der Waals surface area contributed by atoms with E-state index in [1.807, 2.05) is 0 Å². The van der Waals surface area contributed by atoms with Gasteiger partial charge in [0.25, 0.3) is 0 Å². The smallest absolute Gasteiger partial charge is 0.378 e. The number of aliphatic hydroxyl groups is 1. The van der Waals surface area contributed by atoms with Gasteiger partial charge in [-0.2, -0.15) is 18.3 Å². The van der Waals surface area contributed by atoms with Gasteiger partial charge in [0, 0.05) is 19.2 Å². The molecule has 0 bridgehead atoms. The number of aryl methyl sites for hydroxylation is 1. The highest BCUT2D eigenvalue weighted by molar-refractivity contribution is 5.20. The molecule has 7 heteroatoms. The summed E-state index contributed by atoms with van der Waals surface area (Å²) in [5.41, 5.74) is 5.10. The van der Waals surface area contributed by atoms with Crippen molar-refractivity contribution in [3.05, 3.63) is 17.5 Å². The number of aliphatic hydroxyl groups excluding tert-OH is 1. The molecule has 1 aromatic rings. The van der Waals surface area contributed by atoms with Gasteiger partial charge in [-0.3, -0.25) is 4.68 Å². The predicted octanol–water partition coefficient (Wildman–Crippen LogP) is 0.475. The van der Waals surface area contributed by atoms with Crippen molar-refractivity contribution in [1.82, 2.24) is 9.78 Å². The third kappa shape index (κ3) is 1.88.